The maximum atomic E-state index is 12.6. The highest BCUT2D eigenvalue weighted by Gasteiger charge is 2.30. The van der Waals surface area contributed by atoms with Crippen LogP contribution in [0.5, 0.6) is 0 Å². The molecule has 0 aromatic rings. The van der Waals surface area contributed by atoms with Crippen LogP contribution in [0.2, 0.25) is 0 Å². The molecule has 0 aliphatic rings. The molecule has 0 fully saturated rings. The number of hydrogen-bond acceptors (Lipinski definition) is 6. The van der Waals surface area contributed by atoms with E-state index in [9.17, 15) is 24.0 Å². The highest BCUT2D eigenvalue weighted by Crippen LogP contribution is 2.07. The molecule has 0 saturated heterocycles. The van der Waals surface area contributed by atoms with Crippen LogP contribution in [0.25, 0.3) is 0 Å². The summed E-state index contributed by atoms with van der Waals surface area (Å²) in [5, 5.41) is 25.2. The van der Waals surface area contributed by atoms with Crippen molar-refractivity contribution in [2.45, 2.75) is 78.0 Å². The standard InChI is InChI=1S/C19H34N4O7/c1-6-10(4)14(20)18(28)22-12(7-8-13(24)25)17(27)21-11(5)16(26)23-15(9(2)3)19(29)30/h9-12,14-15H,6-8,20H2,1-5H3,(H,21,27)(H,22,28)(H,23,26)(H,24,25)(H,29,30). The molecule has 0 bridgehead atoms. The first-order valence-corrected chi connectivity index (χ1v) is 9.93. The van der Waals surface area contributed by atoms with Gasteiger partial charge in [0.1, 0.15) is 18.1 Å². The second-order valence-corrected chi connectivity index (χ2v) is 7.70. The maximum Gasteiger partial charge on any atom is 0.326 e. The summed E-state index contributed by atoms with van der Waals surface area (Å²) in [6, 6.07) is -4.32. The Kier molecular flexibility index (Phi) is 11.6. The average molecular weight is 431 g/mol. The lowest BCUT2D eigenvalue weighted by atomic mass is 9.98. The highest BCUT2D eigenvalue weighted by atomic mass is 16.4. The lowest BCUT2D eigenvalue weighted by molar-refractivity contribution is -0.143. The predicted molar refractivity (Wildman–Crippen MR) is 108 cm³/mol. The third-order valence-corrected chi connectivity index (χ3v) is 4.82. The van der Waals surface area contributed by atoms with Gasteiger partial charge in [-0.25, -0.2) is 4.79 Å². The Hall–Kier alpha value is -2.69. The maximum absolute atomic E-state index is 12.6. The lowest BCUT2D eigenvalue weighted by Gasteiger charge is -2.25. The van der Waals surface area contributed by atoms with Gasteiger partial charge in [-0.3, -0.25) is 19.2 Å². The molecule has 0 aromatic carbocycles. The molecule has 7 N–H and O–H groups in total. The van der Waals surface area contributed by atoms with E-state index in [4.69, 9.17) is 15.9 Å². The largest absolute Gasteiger partial charge is 0.481 e. The Morgan fingerprint density at radius 3 is 1.87 bits per heavy atom. The Labute approximate surface area is 176 Å². The summed E-state index contributed by atoms with van der Waals surface area (Å²) in [6.45, 7) is 8.24. The SMILES string of the molecule is CCC(C)C(N)C(=O)NC(CCC(=O)O)C(=O)NC(C)C(=O)NC(C(=O)O)C(C)C. The first-order valence-electron chi connectivity index (χ1n) is 9.93. The van der Waals surface area contributed by atoms with Crippen molar-refractivity contribution in [3.05, 3.63) is 0 Å². The van der Waals surface area contributed by atoms with Crippen LogP contribution >= 0.6 is 0 Å². The Bertz CT molecular complexity index is 638. The van der Waals surface area contributed by atoms with E-state index in [0.717, 1.165) is 0 Å². The fourth-order valence-corrected chi connectivity index (χ4v) is 2.49. The second-order valence-electron chi connectivity index (χ2n) is 7.70. The minimum absolute atomic E-state index is 0.151. The summed E-state index contributed by atoms with van der Waals surface area (Å²) < 4.78 is 0. The summed E-state index contributed by atoms with van der Waals surface area (Å²) in [5.41, 5.74) is 5.86. The van der Waals surface area contributed by atoms with Gasteiger partial charge in [-0.05, 0) is 25.2 Å². The number of carbonyl (C=O) groups is 5. The fourth-order valence-electron chi connectivity index (χ4n) is 2.49. The molecule has 5 atom stereocenters. The van der Waals surface area contributed by atoms with Gasteiger partial charge in [0.25, 0.3) is 0 Å². The van der Waals surface area contributed by atoms with Crippen molar-refractivity contribution in [1.29, 1.82) is 0 Å². The summed E-state index contributed by atoms with van der Waals surface area (Å²) in [5.74, 6) is -4.97. The number of aliphatic carboxylic acids is 2. The monoisotopic (exact) mass is 430 g/mol. The molecule has 0 spiro atoms. The molecule has 0 heterocycles. The summed E-state index contributed by atoms with van der Waals surface area (Å²) in [4.78, 5) is 59.2. The van der Waals surface area contributed by atoms with Crippen molar-refractivity contribution in [2.24, 2.45) is 17.6 Å². The van der Waals surface area contributed by atoms with Crippen LogP contribution in [0.4, 0.5) is 0 Å². The van der Waals surface area contributed by atoms with Crippen LogP contribution in [0.3, 0.4) is 0 Å². The normalized spacial score (nSPS) is 16.0. The quantitative estimate of drug-likeness (QED) is 0.224. The molecule has 30 heavy (non-hydrogen) atoms. The van der Waals surface area contributed by atoms with Gasteiger partial charge in [0, 0.05) is 6.42 Å². The zero-order valence-electron chi connectivity index (χ0n) is 18.1. The number of amides is 3. The van der Waals surface area contributed by atoms with Gasteiger partial charge in [0.2, 0.25) is 17.7 Å². The summed E-state index contributed by atoms with van der Waals surface area (Å²) >= 11 is 0. The molecule has 172 valence electrons. The van der Waals surface area contributed by atoms with Crippen LogP contribution in [0.1, 0.15) is 53.9 Å². The van der Waals surface area contributed by atoms with Gasteiger partial charge in [0.15, 0.2) is 0 Å². The molecule has 0 aliphatic heterocycles. The highest BCUT2D eigenvalue weighted by molar-refractivity contribution is 5.94. The predicted octanol–water partition coefficient (Wildman–Crippen LogP) is -0.560. The van der Waals surface area contributed by atoms with Gasteiger partial charge < -0.3 is 31.9 Å². The fraction of sp³-hybridized carbons (Fsp3) is 0.737. The molecular weight excluding hydrogens is 396 g/mol. The topological polar surface area (TPSA) is 188 Å². The number of carboxylic acids is 2. The molecule has 0 saturated carbocycles. The van der Waals surface area contributed by atoms with E-state index in [1.807, 2.05) is 6.92 Å². The molecule has 0 radical (unpaired) electrons. The van der Waals surface area contributed by atoms with E-state index in [1.165, 1.54) is 6.92 Å². The third kappa shape index (κ3) is 9.21. The number of carboxylic acid groups (broad SMARTS) is 2. The Balaban J connectivity index is 5.17. The summed E-state index contributed by atoms with van der Waals surface area (Å²) in [7, 11) is 0. The molecule has 0 rings (SSSR count). The average Bonchev–Trinajstić information content (AvgIpc) is 2.66. The third-order valence-electron chi connectivity index (χ3n) is 4.82. The Morgan fingerprint density at radius 2 is 1.43 bits per heavy atom. The van der Waals surface area contributed by atoms with Crippen molar-refractivity contribution < 1.29 is 34.2 Å². The van der Waals surface area contributed by atoms with Crippen molar-refractivity contribution >= 4 is 29.7 Å². The molecule has 5 unspecified atom stereocenters. The number of hydrogen-bond donors (Lipinski definition) is 6. The van der Waals surface area contributed by atoms with Crippen LogP contribution in [0.15, 0.2) is 0 Å². The van der Waals surface area contributed by atoms with Crippen LogP contribution in [-0.2, 0) is 24.0 Å². The molecular formula is C19H34N4O7. The number of nitrogens with two attached hydrogens (primary N) is 1. The second kappa shape index (κ2) is 12.8. The summed E-state index contributed by atoms with van der Waals surface area (Å²) in [6.07, 6.45) is 0.0581. The van der Waals surface area contributed by atoms with E-state index in [0.29, 0.717) is 6.42 Å². The zero-order chi connectivity index (χ0) is 23.6. The Morgan fingerprint density at radius 1 is 0.867 bits per heavy atom. The zero-order valence-corrected chi connectivity index (χ0v) is 18.1. The van der Waals surface area contributed by atoms with Crippen molar-refractivity contribution in [3.63, 3.8) is 0 Å². The van der Waals surface area contributed by atoms with E-state index >= 15 is 0 Å². The molecule has 0 aromatic heterocycles. The number of nitrogens with one attached hydrogen (secondary N) is 3. The van der Waals surface area contributed by atoms with Crippen LogP contribution in [-0.4, -0.2) is 64.0 Å². The number of rotatable bonds is 13. The van der Waals surface area contributed by atoms with Crippen molar-refractivity contribution in [3.8, 4) is 0 Å². The molecule has 11 heteroatoms. The van der Waals surface area contributed by atoms with E-state index in [-0.39, 0.29) is 24.7 Å². The van der Waals surface area contributed by atoms with E-state index in [1.54, 1.807) is 20.8 Å². The first kappa shape index (κ1) is 27.3. The number of carbonyl (C=O) groups excluding carboxylic acids is 3. The van der Waals surface area contributed by atoms with Gasteiger partial charge in [0.05, 0.1) is 6.04 Å². The van der Waals surface area contributed by atoms with Crippen LogP contribution < -0.4 is 21.7 Å². The first-order chi connectivity index (χ1) is 13.8. The van der Waals surface area contributed by atoms with E-state index in [2.05, 4.69) is 16.0 Å². The molecule has 11 nitrogen and oxygen atoms in total. The van der Waals surface area contributed by atoms with Gasteiger partial charge in [-0.15, -0.1) is 0 Å². The van der Waals surface area contributed by atoms with E-state index < -0.39 is 53.8 Å². The minimum Gasteiger partial charge on any atom is -0.481 e. The van der Waals surface area contributed by atoms with Crippen LogP contribution in [0, 0.1) is 11.8 Å². The van der Waals surface area contributed by atoms with Gasteiger partial charge >= 0.3 is 11.9 Å². The minimum atomic E-state index is -1.21. The van der Waals surface area contributed by atoms with Crippen molar-refractivity contribution in [2.75, 3.05) is 0 Å². The van der Waals surface area contributed by atoms with Crippen molar-refractivity contribution in [1.82, 2.24) is 16.0 Å². The molecule has 3 amide bonds. The lowest BCUT2D eigenvalue weighted by Crippen LogP contribution is -2.57. The van der Waals surface area contributed by atoms with Gasteiger partial charge in [-0.2, -0.15) is 0 Å². The smallest absolute Gasteiger partial charge is 0.326 e. The molecule has 0 aliphatic carbocycles. The van der Waals surface area contributed by atoms with Gasteiger partial charge in [-0.1, -0.05) is 34.1 Å².